The van der Waals surface area contributed by atoms with Gasteiger partial charge >= 0.3 is 0 Å². The van der Waals surface area contributed by atoms with E-state index in [1.165, 1.54) is 12.5 Å². The van der Waals surface area contributed by atoms with E-state index in [1.54, 1.807) is 15.9 Å². The zero-order chi connectivity index (χ0) is 21.4. The molecule has 31 heavy (non-hydrogen) atoms. The quantitative estimate of drug-likeness (QED) is 0.635. The molecule has 0 radical (unpaired) electrons. The van der Waals surface area contributed by atoms with Gasteiger partial charge in [-0.25, -0.2) is 9.97 Å². The number of nitrogens with zero attached hydrogens (tertiary/aromatic N) is 5. The molecule has 0 saturated carbocycles. The lowest BCUT2D eigenvalue weighted by atomic mass is 9.96. The standard InChI is InChI=1S/C23H25N5O3/c1-26-10-5-12-28(21-20(26)24-18-7-2-3-8-19(18)25-21)23(30)16-6-4-11-27(14-16)22(29)17-9-13-31-15-17/h2-3,7-9,13,15-16H,4-6,10-12,14H2,1H3. The molecule has 3 aromatic rings. The van der Waals surface area contributed by atoms with Gasteiger partial charge in [-0.05, 0) is 37.5 Å². The molecule has 0 bridgehead atoms. The Morgan fingerprint density at radius 3 is 2.52 bits per heavy atom. The molecule has 0 aliphatic carbocycles. The van der Waals surface area contributed by atoms with Crippen LogP contribution in [-0.2, 0) is 4.79 Å². The summed E-state index contributed by atoms with van der Waals surface area (Å²) in [4.78, 5) is 41.7. The van der Waals surface area contributed by atoms with E-state index in [-0.39, 0.29) is 17.7 Å². The van der Waals surface area contributed by atoms with Crippen LogP contribution in [0.15, 0.2) is 47.3 Å². The van der Waals surface area contributed by atoms with E-state index in [0.29, 0.717) is 31.0 Å². The van der Waals surface area contributed by atoms with Crippen LogP contribution in [0.3, 0.4) is 0 Å². The summed E-state index contributed by atoms with van der Waals surface area (Å²) < 4.78 is 5.05. The van der Waals surface area contributed by atoms with Crippen molar-refractivity contribution < 1.29 is 14.0 Å². The van der Waals surface area contributed by atoms with Gasteiger partial charge in [0.1, 0.15) is 6.26 Å². The summed E-state index contributed by atoms with van der Waals surface area (Å²) in [6.07, 6.45) is 5.34. The molecule has 2 aliphatic heterocycles. The number of hydrogen-bond donors (Lipinski definition) is 0. The fraction of sp³-hybridized carbons (Fsp3) is 0.391. The Hall–Kier alpha value is -3.42. The zero-order valence-corrected chi connectivity index (χ0v) is 17.5. The highest BCUT2D eigenvalue weighted by atomic mass is 16.3. The van der Waals surface area contributed by atoms with Gasteiger partial charge in [0.15, 0.2) is 11.6 Å². The molecule has 1 unspecified atom stereocenters. The second kappa shape index (κ2) is 8.02. The van der Waals surface area contributed by atoms with Crippen molar-refractivity contribution in [2.24, 2.45) is 5.92 Å². The minimum absolute atomic E-state index is 0.0193. The zero-order valence-electron chi connectivity index (χ0n) is 17.5. The maximum atomic E-state index is 13.6. The monoisotopic (exact) mass is 419 g/mol. The van der Waals surface area contributed by atoms with E-state index in [1.807, 2.05) is 31.3 Å². The summed E-state index contributed by atoms with van der Waals surface area (Å²) in [7, 11) is 1.99. The van der Waals surface area contributed by atoms with Crippen molar-refractivity contribution in [3.8, 4) is 0 Å². The maximum absolute atomic E-state index is 13.6. The molecule has 1 aromatic carbocycles. The Morgan fingerprint density at radius 2 is 1.77 bits per heavy atom. The first-order chi connectivity index (χ1) is 15.1. The van der Waals surface area contributed by atoms with Gasteiger partial charge in [0.05, 0.1) is 28.8 Å². The summed E-state index contributed by atoms with van der Waals surface area (Å²) in [5, 5.41) is 0. The summed E-state index contributed by atoms with van der Waals surface area (Å²) in [5.74, 6) is 1.02. The highest BCUT2D eigenvalue weighted by Gasteiger charge is 2.35. The third-order valence-electron chi connectivity index (χ3n) is 6.12. The number of fused-ring (bicyclic) bond motifs is 2. The molecule has 5 rings (SSSR count). The first-order valence-electron chi connectivity index (χ1n) is 10.7. The van der Waals surface area contributed by atoms with Gasteiger partial charge in [0.25, 0.3) is 5.91 Å². The number of benzene rings is 1. The van der Waals surface area contributed by atoms with Crippen LogP contribution < -0.4 is 9.80 Å². The lowest BCUT2D eigenvalue weighted by Crippen LogP contribution is -2.47. The van der Waals surface area contributed by atoms with Gasteiger partial charge in [-0.2, -0.15) is 0 Å². The molecule has 0 spiro atoms. The van der Waals surface area contributed by atoms with Gasteiger partial charge in [-0.3, -0.25) is 14.5 Å². The van der Waals surface area contributed by atoms with E-state index in [9.17, 15) is 9.59 Å². The number of carbonyl (C=O) groups is 2. The number of amides is 2. The molecule has 4 heterocycles. The molecule has 2 amide bonds. The topological polar surface area (TPSA) is 82.8 Å². The third kappa shape index (κ3) is 3.62. The fourth-order valence-electron chi connectivity index (χ4n) is 4.46. The van der Waals surface area contributed by atoms with Crippen LogP contribution in [0.2, 0.25) is 0 Å². The summed E-state index contributed by atoms with van der Waals surface area (Å²) >= 11 is 0. The molecule has 2 aromatic heterocycles. The summed E-state index contributed by atoms with van der Waals surface area (Å²) in [5.41, 5.74) is 2.11. The number of para-hydroxylation sites is 2. The van der Waals surface area contributed by atoms with Crippen molar-refractivity contribution >= 4 is 34.5 Å². The molecular formula is C23H25N5O3. The molecule has 1 atom stereocenters. The number of carbonyl (C=O) groups excluding carboxylic acids is 2. The minimum Gasteiger partial charge on any atom is -0.472 e. The summed E-state index contributed by atoms with van der Waals surface area (Å²) in [6, 6.07) is 9.39. The number of furan rings is 1. The minimum atomic E-state index is -0.255. The fourth-order valence-corrected chi connectivity index (χ4v) is 4.46. The molecule has 1 saturated heterocycles. The lowest BCUT2D eigenvalue weighted by Gasteiger charge is -2.34. The molecule has 8 nitrogen and oxygen atoms in total. The number of likely N-dealkylation sites (tertiary alicyclic amines) is 1. The smallest absolute Gasteiger partial charge is 0.257 e. The van der Waals surface area contributed by atoms with E-state index in [0.717, 1.165) is 42.7 Å². The van der Waals surface area contributed by atoms with Crippen LogP contribution in [0.25, 0.3) is 11.0 Å². The van der Waals surface area contributed by atoms with Gasteiger partial charge in [-0.1, -0.05) is 12.1 Å². The van der Waals surface area contributed by atoms with E-state index < -0.39 is 0 Å². The SMILES string of the molecule is CN1CCCN(C(=O)C2CCCN(C(=O)c3ccoc3)C2)c2nc3ccccc3nc21. The highest BCUT2D eigenvalue weighted by Crippen LogP contribution is 2.32. The molecule has 2 aliphatic rings. The molecule has 8 heteroatoms. The lowest BCUT2D eigenvalue weighted by molar-refractivity contribution is -0.123. The predicted molar refractivity (Wildman–Crippen MR) is 117 cm³/mol. The molecule has 160 valence electrons. The number of aromatic nitrogens is 2. The van der Waals surface area contributed by atoms with Crippen LogP contribution >= 0.6 is 0 Å². The van der Waals surface area contributed by atoms with Crippen LogP contribution in [0.4, 0.5) is 11.6 Å². The Kier molecular flexibility index (Phi) is 5.05. The van der Waals surface area contributed by atoms with Crippen molar-refractivity contribution in [2.45, 2.75) is 19.3 Å². The Morgan fingerprint density at radius 1 is 1.00 bits per heavy atom. The van der Waals surface area contributed by atoms with E-state index in [2.05, 4.69) is 4.90 Å². The van der Waals surface area contributed by atoms with Crippen molar-refractivity contribution in [1.29, 1.82) is 0 Å². The van der Waals surface area contributed by atoms with Crippen LogP contribution in [0, 0.1) is 5.92 Å². The molecule has 1 fully saturated rings. The number of hydrogen-bond acceptors (Lipinski definition) is 6. The number of anilines is 2. The van der Waals surface area contributed by atoms with Crippen LogP contribution in [0.1, 0.15) is 29.6 Å². The van der Waals surface area contributed by atoms with Gasteiger partial charge in [0, 0.05) is 33.2 Å². The largest absolute Gasteiger partial charge is 0.472 e. The van der Waals surface area contributed by atoms with Crippen molar-refractivity contribution in [1.82, 2.24) is 14.9 Å². The van der Waals surface area contributed by atoms with Gasteiger partial charge in [0.2, 0.25) is 5.91 Å². The number of piperidine rings is 1. The van der Waals surface area contributed by atoms with Crippen molar-refractivity contribution in [3.05, 3.63) is 48.4 Å². The normalized spacial score (nSPS) is 19.3. The van der Waals surface area contributed by atoms with Gasteiger partial charge in [-0.15, -0.1) is 0 Å². The van der Waals surface area contributed by atoms with Crippen molar-refractivity contribution in [3.63, 3.8) is 0 Å². The van der Waals surface area contributed by atoms with E-state index in [4.69, 9.17) is 14.4 Å². The second-order valence-electron chi connectivity index (χ2n) is 8.23. The third-order valence-corrected chi connectivity index (χ3v) is 6.12. The van der Waals surface area contributed by atoms with E-state index >= 15 is 0 Å². The van der Waals surface area contributed by atoms with Crippen molar-refractivity contribution in [2.75, 3.05) is 43.0 Å². The number of rotatable bonds is 2. The Bertz CT molecular complexity index is 1110. The predicted octanol–water partition coefficient (Wildman–Crippen LogP) is 2.95. The average Bonchev–Trinajstić information content (AvgIpc) is 3.30. The first-order valence-corrected chi connectivity index (χ1v) is 10.7. The Labute approximate surface area is 180 Å². The average molecular weight is 419 g/mol. The molecular weight excluding hydrogens is 394 g/mol. The van der Waals surface area contributed by atoms with Gasteiger partial charge < -0.3 is 14.2 Å². The first kappa shape index (κ1) is 19.5. The highest BCUT2D eigenvalue weighted by molar-refractivity contribution is 5.99. The maximum Gasteiger partial charge on any atom is 0.257 e. The second-order valence-corrected chi connectivity index (χ2v) is 8.23. The molecule has 0 N–H and O–H groups in total. The summed E-state index contributed by atoms with van der Waals surface area (Å²) in [6.45, 7) is 2.46. The Balaban J connectivity index is 1.44. The van der Waals surface area contributed by atoms with Crippen LogP contribution in [0.5, 0.6) is 0 Å². The van der Waals surface area contributed by atoms with Crippen LogP contribution in [-0.4, -0.2) is 59.9 Å².